The van der Waals surface area contributed by atoms with Gasteiger partial charge in [0.05, 0.1) is 13.2 Å². The third-order valence-corrected chi connectivity index (χ3v) is 3.12. The molecule has 1 atom stereocenters. The molecule has 0 fully saturated rings. The zero-order chi connectivity index (χ0) is 13.2. The van der Waals surface area contributed by atoms with Crippen LogP contribution in [0.25, 0.3) is 0 Å². The molecule has 18 heavy (non-hydrogen) atoms. The fourth-order valence-electron chi connectivity index (χ4n) is 1.81. The molecule has 0 aromatic heterocycles. The van der Waals surface area contributed by atoms with E-state index < -0.39 is 0 Å². The number of ether oxygens (including phenoxy) is 2. The van der Waals surface area contributed by atoms with Gasteiger partial charge in [-0.3, -0.25) is 0 Å². The Morgan fingerprint density at radius 2 is 2.22 bits per heavy atom. The number of hydrogen-bond acceptors (Lipinski definition) is 3. The van der Waals surface area contributed by atoms with Crippen LogP contribution in [0.1, 0.15) is 19.8 Å². The Morgan fingerprint density at radius 3 is 2.89 bits per heavy atom. The van der Waals surface area contributed by atoms with Crippen molar-refractivity contribution in [1.82, 2.24) is 5.32 Å². The molecule has 1 aromatic carbocycles. The van der Waals surface area contributed by atoms with E-state index in [2.05, 4.69) is 28.2 Å². The third-order valence-electron chi connectivity index (χ3n) is 2.62. The molecule has 0 heterocycles. The molecular formula is C14H22BrNO2. The molecule has 0 spiro atoms. The van der Waals surface area contributed by atoms with E-state index >= 15 is 0 Å². The first-order valence-corrected chi connectivity index (χ1v) is 7.16. The van der Waals surface area contributed by atoms with Crippen LogP contribution < -0.4 is 10.1 Å². The molecule has 3 nitrogen and oxygen atoms in total. The van der Waals surface area contributed by atoms with Crippen molar-refractivity contribution in [3.8, 4) is 5.75 Å². The fourth-order valence-corrected chi connectivity index (χ4v) is 2.19. The number of rotatable bonds is 9. The summed E-state index contributed by atoms with van der Waals surface area (Å²) < 4.78 is 11.9. The van der Waals surface area contributed by atoms with Crippen molar-refractivity contribution in [1.29, 1.82) is 0 Å². The van der Waals surface area contributed by atoms with Crippen LogP contribution in [0.4, 0.5) is 0 Å². The molecule has 0 amide bonds. The summed E-state index contributed by atoms with van der Waals surface area (Å²) in [6.07, 6.45) is 2.09. The van der Waals surface area contributed by atoms with E-state index in [1.807, 2.05) is 24.3 Å². The second kappa shape index (κ2) is 9.36. The lowest BCUT2D eigenvalue weighted by Crippen LogP contribution is -2.33. The van der Waals surface area contributed by atoms with E-state index in [9.17, 15) is 0 Å². The Morgan fingerprint density at radius 1 is 1.39 bits per heavy atom. The highest BCUT2D eigenvalue weighted by atomic mass is 79.9. The maximum atomic E-state index is 5.69. The summed E-state index contributed by atoms with van der Waals surface area (Å²) in [4.78, 5) is 0. The van der Waals surface area contributed by atoms with E-state index in [1.165, 1.54) is 0 Å². The lowest BCUT2D eigenvalue weighted by molar-refractivity contribution is 0.159. The van der Waals surface area contributed by atoms with Gasteiger partial charge >= 0.3 is 0 Å². The first-order chi connectivity index (χ1) is 8.76. The van der Waals surface area contributed by atoms with Gasteiger partial charge in [0.15, 0.2) is 0 Å². The van der Waals surface area contributed by atoms with E-state index in [4.69, 9.17) is 9.47 Å². The van der Waals surface area contributed by atoms with Gasteiger partial charge < -0.3 is 14.8 Å². The smallest absolute Gasteiger partial charge is 0.120 e. The molecule has 0 saturated heterocycles. The molecule has 0 aliphatic rings. The minimum absolute atomic E-state index is 0.422. The molecule has 0 aliphatic heterocycles. The molecule has 0 radical (unpaired) electrons. The summed E-state index contributed by atoms with van der Waals surface area (Å²) >= 11 is 3.43. The first-order valence-electron chi connectivity index (χ1n) is 6.37. The largest absolute Gasteiger partial charge is 0.494 e. The van der Waals surface area contributed by atoms with Gasteiger partial charge in [-0.1, -0.05) is 28.9 Å². The molecule has 1 unspecified atom stereocenters. The number of hydrogen-bond donors (Lipinski definition) is 1. The van der Waals surface area contributed by atoms with Gasteiger partial charge in [-0.05, 0) is 37.6 Å². The summed E-state index contributed by atoms with van der Waals surface area (Å²) in [6.45, 7) is 4.58. The Labute approximate surface area is 118 Å². The highest BCUT2D eigenvalue weighted by Gasteiger charge is 2.06. The van der Waals surface area contributed by atoms with Crippen LogP contribution in [0.5, 0.6) is 5.75 Å². The lowest BCUT2D eigenvalue weighted by Gasteiger charge is -2.16. The summed E-state index contributed by atoms with van der Waals surface area (Å²) in [6, 6.07) is 8.35. The SMILES string of the molecule is CCNC(CCCOc1cccc(Br)c1)COC. The molecule has 102 valence electrons. The van der Waals surface area contributed by atoms with Gasteiger partial charge in [-0.15, -0.1) is 0 Å². The summed E-state index contributed by atoms with van der Waals surface area (Å²) in [5, 5.41) is 3.40. The van der Waals surface area contributed by atoms with Gasteiger partial charge in [0, 0.05) is 17.6 Å². The lowest BCUT2D eigenvalue weighted by atomic mass is 10.2. The Kier molecular flexibility index (Phi) is 8.05. The van der Waals surface area contributed by atoms with Crippen LogP contribution >= 0.6 is 15.9 Å². The second-order valence-electron chi connectivity index (χ2n) is 4.16. The van der Waals surface area contributed by atoms with Crippen LogP contribution in [0, 0.1) is 0 Å². The molecule has 1 aromatic rings. The predicted molar refractivity (Wildman–Crippen MR) is 78.2 cm³/mol. The van der Waals surface area contributed by atoms with E-state index in [0.717, 1.165) is 42.8 Å². The number of likely N-dealkylation sites (N-methyl/N-ethyl adjacent to an activating group) is 1. The van der Waals surface area contributed by atoms with Crippen molar-refractivity contribution < 1.29 is 9.47 Å². The first kappa shape index (κ1) is 15.5. The van der Waals surface area contributed by atoms with Crippen LogP contribution in [-0.2, 0) is 4.74 Å². The van der Waals surface area contributed by atoms with Crippen LogP contribution in [-0.4, -0.2) is 32.9 Å². The highest BCUT2D eigenvalue weighted by molar-refractivity contribution is 9.10. The van der Waals surface area contributed by atoms with Crippen LogP contribution in [0.3, 0.4) is 0 Å². The minimum atomic E-state index is 0.422. The summed E-state index contributed by atoms with van der Waals surface area (Å²) in [5.41, 5.74) is 0. The maximum absolute atomic E-state index is 5.69. The molecule has 0 aliphatic carbocycles. The zero-order valence-corrected chi connectivity index (χ0v) is 12.7. The fraction of sp³-hybridized carbons (Fsp3) is 0.571. The van der Waals surface area contributed by atoms with Gasteiger partial charge in [-0.2, -0.15) is 0 Å². The average molecular weight is 316 g/mol. The van der Waals surface area contributed by atoms with E-state index in [-0.39, 0.29) is 0 Å². The number of nitrogens with one attached hydrogen (secondary N) is 1. The van der Waals surface area contributed by atoms with Crippen molar-refractivity contribution in [3.05, 3.63) is 28.7 Å². The minimum Gasteiger partial charge on any atom is -0.494 e. The third kappa shape index (κ3) is 6.38. The van der Waals surface area contributed by atoms with Gasteiger partial charge in [0.25, 0.3) is 0 Å². The van der Waals surface area contributed by atoms with Crippen molar-refractivity contribution in [2.24, 2.45) is 0 Å². The van der Waals surface area contributed by atoms with E-state index in [0.29, 0.717) is 6.04 Å². The van der Waals surface area contributed by atoms with Crippen molar-refractivity contribution in [2.75, 3.05) is 26.9 Å². The second-order valence-corrected chi connectivity index (χ2v) is 5.07. The predicted octanol–water partition coefficient (Wildman–Crippen LogP) is 3.23. The Bertz CT molecular complexity index is 327. The standard InChI is InChI=1S/C14H22BrNO2/c1-3-16-13(11-17-2)7-5-9-18-14-8-4-6-12(15)10-14/h4,6,8,10,13,16H,3,5,7,9,11H2,1-2H3. The topological polar surface area (TPSA) is 30.5 Å². The summed E-state index contributed by atoms with van der Waals surface area (Å²) in [5.74, 6) is 0.913. The van der Waals surface area contributed by atoms with Gasteiger partial charge in [0.1, 0.15) is 5.75 Å². The Balaban J connectivity index is 2.20. The zero-order valence-electron chi connectivity index (χ0n) is 11.1. The quantitative estimate of drug-likeness (QED) is 0.710. The molecule has 1 N–H and O–H groups in total. The number of benzene rings is 1. The van der Waals surface area contributed by atoms with Crippen molar-refractivity contribution in [2.45, 2.75) is 25.8 Å². The summed E-state index contributed by atoms with van der Waals surface area (Å²) in [7, 11) is 1.74. The van der Waals surface area contributed by atoms with Crippen molar-refractivity contribution in [3.63, 3.8) is 0 Å². The molecule has 4 heteroatoms. The molecule has 1 rings (SSSR count). The molecule has 0 bridgehead atoms. The van der Waals surface area contributed by atoms with Crippen molar-refractivity contribution >= 4 is 15.9 Å². The molecular weight excluding hydrogens is 294 g/mol. The normalized spacial score (nSPS) is 12.4. The van der Waals surface area contributed by atoms with Gasteiger partial charge in [-0.25, -0.2) is 0 Å². The Hall–Kier alpha value is -0.580. The number of halogens is 1. The number of methoxy groups -OCH3 is 1. The van der Waals surface area contributed by atoms with Gasteiger partial charge in [0.2, 0.25) is 0 Å². The maximum Gasteiger partial charge on any atom is 0.120 e. The average Bonchev–Trinajstić information content (AvgIpc) is 2.35. The monoisotopic (exact) mass is 315 g/mol. The highest BCUT2D eigenvalue weighted by Crippen LogP contribution is 2.17. The molecule has 0 saturated carbocycles. The van der Waals surface area contributed by atoms with E-state index in [1.54, 1.807) is 7.11 Å². The van der Waals surface area contributed by atoms with Crippen LogP contribution in [0.15, 0.2) is 28.7 Å². The van der Waals surface area contributed by atoms with Crippen LogP contribution in [0.2, 0.25) is 0 Å².